The number of hydrogen-bond acceptors (Lipinski definition) is 1. The summed E-state index contributed by atoms with van der Waals surface area (Å²) in [6.45, 7) is 7.61. The molecular formula is C10H20O. The summed E-state index contributed by atoms with van der Waals surface area (Å²) in [5.41, 5.74) is 0. The Morgan fingerprint density at radius 2 is 2.09 bits per heavy atom. The lowest BCUT2D eigenvalue weighted by atomic mass is 9.95. The van der Waals surface area contributed by atoms with Crippen molar-refractivity contribution in [2.75, 3.05) is 6.61 Å². The molecule has 0 saturated heterocycles. The van der Waals surface area contributed by atoms with Crippen molar-refractivity contribution in [3.05, 3.63) is 0 Å². The van der Waals surface area contributed by atoms with Gasteiger partial charge in [-0.25, -0.2) is 0 Å². The minimum atomic E-state index is 0.576. The SMILES string of the molecule is CCOC1CCC(C(C)C)C1. The highest BCUT2D eigenvalue weighted by Gasteiger charge is 2.26. The van der Waals surface area contributed by atoms with E-state index in [0.717, 1.165) is 18.4 Å². The third kappa shape index (κ3) is 2.48. The van der Waals surface area contributed by atoms with Gasteiger partial charge in [0.2, 0.25) is 0 Å². The van der Waals surface area contributed by atoms with Crippen molar-refractivity contribution in [1.29, 1.82) is 0 Å². The lowest BCUT2D eigenvalue weighted by Crippen LogP contribution is -2.10. The predicted octanol–water partition coefficient (Wildman–Crippen LogP) is 2.85. The van der Waals surface area contributed by atoms with Gasteiger partial charge >= 0.3 is 0 Å². The first kappa shape index (κ1) is 9.05. The van der Waals surface area contributed by atoms with E-state index in [1.807, 2.05) is 0 Å². The van der Waals surface area contributed by atoms with Crippen LogP contribution >= 0.6 is 0 Å². The predicted molar refractivity (Wildman–Crippen MR) is 47.6 cm³/mol. The van der Waals surface area contributed by atoms with E-state index < -0.39 is 0 Å². The van der Waals surface area contributed by atoms with E-state index >= 15 is 0 Å². The van der Waals surface area contributed by atoms with Crippen LogP contribution in [0.4, 0.5) is 0 Å². The molecule has 2 atom stereocenters. The molecule has 0 heterocycles. The summed E-state index contributed by atoms with van der Waals surface area (Å²) in [5, 5.41) is 0. The van der Waals surface area contributed by atoms with Gasteiger partial charge < -0.3 is 4.74 Å². The molecule has 1 aliphatic carbocycles. The number of ether oxygens (including phenoxy) is 1. The first-order valence-electron chi connectivity index (χ1n) is 4.85. The van der Waals surface area contributed by atoms with Crippen LogP contribution in [-0.4, -0.2) is 12.7 Å². The van der Waals surface area contributed by atoms with E-state index in [1.54, 1.807) is 0 Å². The maximum Gasteiger partial charge on any atom is 0.0577 e. The molecule has 0 aromatic carbocycles. The van der Waals surface area contributed by atoms with Crippen LogP contribution in [0.3, 0.4) is 0 Å². The molecule has 0 aromatic heterocycles. The zero-order chi connectivity index (χ0) is 8.27. The molecular weight excluding hydrogens is 136 g/mol. The molecule has 0 spiro atoms. The van der Waals surface area contributed by atoms with Crippen molar-refractivity contribution in [3.63, 3.8) is 0 Å². The van der Waals surface area contributed by atoms with Crippen LogP contribution in [0.1, 0.15) is 40.0 Å². The summed E-state index contributed by atoms with van der Waals surface area (Å²) in [5.74, 6) is 1.77. The van der Waals surface area contributed by atoms with Gasteiger partial charge in [0.05, 0.1) is 6.10 Å². The molecule has 1 heteroatoms. The van der Waals surface area contributed by atoms with Crippen LogP contribution < -0.4 is 0 Å². The normalized spacial score (nSPS) is 31.6. The monoisotopic (exact) mass is 156 g/mol. The maximum absolute atomic E-state index is 5.58. The molecule has 11 heavy (non-hydrogen) atoms. The van der Waals surface area contributed by atoms with Crippen molar-refractivity contribution in [1.82, 2.24) is 0 Å². The summed E-state index contributed by atoms with van der Waals surface area (Å²) in [6.07, 6.45) is 4.54. The standard InChI is InChI=1S/C10H20O/c1-4-11-10-6-5-9(7-10)8(2)3/h8-10H,4-7H2,1-3H3. The quantitative estimate of drug-likeness (QED) is 0.610. The molecule has 0 N–H and O–H groups in total. The van der Waals surface area contributed by atoms with Crippen molar-refractivity contribution in [3.8, 4) is 0 Å². The topological polar surface area (TPSA) is 9.23 Å². The second-order valence-electron chi connectivity index (χ2n) is 3.89. The average molecular weight is 156 g/mol. The van der Waals surface area contributed by atoms with E-state index in [4.69, 9.17) is 4.74 Å². The van der Waals surface area contributed by atoms with Gasteiger partial charge in [0.1, 0.15) is 0 Å². The van der Waals surface area contributed by atoms with Crippen molar-refractivity contribution in [2.45, 2.75) is 46.1 Å². The Balaban J connectivity index is 2.23. The third-order valence-corrected chi connectivity index (χ3v) is 2.77. The lowest BCUT2D eigenvalue weighted by molar-refractivity contribution is 0.0637. The van der Waals surface area contributed by atoms with Crippen molar-refractivity contribution in [2.24, 2.45) is 11.8 Å². The van der Waals surface area contributed by atoms with E-state index in [2.05, 4.69) is 20.8 Å². The Labute approximate surface area is 70.1 Å². The van der Waals surface area contributed by atoms with Crippen molar-refractivity contribution >= 4 is 0 Å². The van der Waals surface area contributed by atoms with E-state index in [0.29, 0.717) is 6.10 Å². The molecule has 1 rings (SSSR count). The van der Waals surface area contributed by atoms with Crippen LogP contribution in [0.25, 0.3) is 0 Å². The van der Waals surface area contributed by atoms with Crippen LogP contribution in [-0.2, 0) is 4.74 Å². The lowest BCUT2D eigenvalue weighted by Gasteiger charge is -2.14. The Morgan fingerprint density at radius 1 is 1.36 bits per heavy atom. The van der Waals surface area contributed by atoms with Crippen LogP contribution in [0.15, 0.2) is 0 Å². The molecule has 1 nitrogen and oxygen atoms in total. The zero-order valence-corrected chi connectivity index (χ0v) is 7.97. The van der Waals surface area contributed by atoms with E-state index in [1.165, 1.54) is 19.3 Å². The minimum Gasteiger partial charge on any atom is -0.378 e. The van der Waals surface area contributed by atoms with E-state index in [-0.39, 0.29) is 0 Å². The first-order valence-corrected chi connectivity index (χ1v) is 4.85. The highest BCUT2D eigenvalue weighted by atomic mass is 16.5. The summed E-state index contributed by atoms with van der Waals surface area (Å²) in [7, 11) is 0. The van der Waals surface area contributed by atoms with Gasteiger partial charge in [-0.1, -0.05) is 13.8 Å². The number of hydrogen-bond donors (Lipinski definition) is 0. The zero-order valence-electron chi connectivity index (χ0n) is 7.97. The Kier molecular flexibility index (Phi) is 3.38. The van der Waals surface area contributed by atoms with Gasteiger partial charge in [0.15, 0.2) is 0 Å². The molecule has 2 unspecified atom stereocenters. The largest absolute Gasteiger partial charge is 0.378 e. The molecule has 0 aromatic rings. The van der Waals surface area contributed by atoms with Crippen LogP contribution in [0.5, 0.6) is 0 Å². The minimum absolute atomic E-state index is 0.576. The highest BCUT2D eigenvalue weighted by molar-refractivity contribution is 4.77. The average Bonchev–Trinajstić information content (AvgIpc) is 2.37. The van der Waals surface area contributed by atoms with Gasteiger partial charge in [-0.3, -0.25) is 0 Å². The molecule has 0 bridgehead atoms. The van der Waals surface area contributed by atoms with Crippen LogP contribution in [0, 0.1) is 11.8 Å². The molecule has 1 saturated carbocycles. The van der Waals surface area contributed by atoms with Gasteiger partial charge in [-0.2, -0.15) is 0 Å². The second kappa shape index (κ2) is 4.10. The summed E-state index contributed by atoms with van der Waals surface area (Å²) in [6, 6.07) is 0. The molecule has 66 valence electrons. The van der Waals surface area contributed by atoms with Gasteiger partial charge in [0.25, 0.3) is 0 Å². The molecule has 1 fully saturated rings. The highest BCUT2D eigenvalue weighted by Crippen LogP contribution is 2.32. The summed E-state index contributed by atoms with van der Waals surface area (Å²) < 4.78 is 5.58. The molecule has 0 aliphatic heterocycles. The van der Waals surface area contributed by atoms with Crippen LogP contribution in [0.2, 0.25) is 0 Å². The first-order chi connectivity index (χ1) is 5.24. The summed E-state index contributed by atoms with van der Waals surface area (Å²) >= 11 is 0. The fourth-order valence-corrected chi connectivity index (χ4v) is 1.97. The maximum atomic E-state index is 5.58. The Bertz CT molecular complexity index is 109. The van der Waals surface area contributed by atoms with E-state index in [9.17, 15) is 0 Å². The molecule has 1 aliphatic rings. The van der Waals surface area contributed by atoms with Gasteiger partial charge in [-0.05, 0) is 38.0 Å². The van der Waals surface area contributed by atoms with Crippen molar-refractivity contribution < 1.29 is 4.74 Å². The Morgan fingerprint density at radius 3 is 2.55 bits per heavy atom. The van der Waals surface area contributed by atoms with Gasteiger partial charge in [-0.15, -0.1) is 0 Å². The number of rotatable bonds is 3. The fraction of sp³-hybridized carbons (Fsp3) is 1.00. The summed E-state index contributed by atoms with van der Waals surface area (Å²) in [4.78, 5) is 0. The second-order valence-corrected chi connectivity index (χ2v) is 3.89. The smallest absolute Gasteiger partial charge is 0.0577 e. The Hall–Kier alpha value is -0.0400. The third-order valence-electron chi connectivity index (χ3n) is 2.77. The van der Waals surface area contributed by atoms with Gasteiger partial charge in [0, 0.05) is 6.61 Å². The fourth-order valence-electron chi connectivity index (χ4n) is 1.97. The molecule has 0 radical (unpaired) electrons. The molecule has 0 amide bonds.